The van der Waals surface area contributed by atoms with Crippen LogP contribution >= 0.6 is 0 Å². The number of benzene rings is 2. The number of carbonyl (C=O) groups excluding carboxylic acids is 1. The summed E-state index contributed by atoms with van der Waals surface area (Å²) in [4.78, 5) is 15.0. The summed E-state index contributed by atoms with van der Waals surface area (Å²) in [6, 6.07) is 12.2. The van der Waals surface area contributed by atoms with Gasteiger partial charge in [-0.25, -0.2) is 0 Å². The lowest BCUT2D eigenvalue weighted by Gasteiger charge is -2.52. The lowest BCUT2D eigenvalue weighted by atomic mass is 9.71. The normalized spacial score (nSPS) is 25.4. The first-order chi connectivity index (χ1) is 11.9. The number of nitrogens with two attached hydrogens (primary N) is 1. The van der Waals surface area contributed by atoms with E-state index in [9.17, 15) is 9.90 Å². The number of phenolic OH excluding ortho intramolecular Hbond substituents is 1. The fourth-order valence-electron chi connectivity index (χ4n) is 4.63. The molecule has 3 unspecified atom stereocenters. The third-order valence-corrected chi connectivity index (χ3v) is 5.63. The van der Waals surface area contributed by atoms with Crippen molar-refractivity contribution in [1.29, 1.82) is 0 Å². The number of nitrogen functional groups attached to an aromatic ring is 1. The summed E-state index contributed by atoms with van der Waals surface area (Å²) in [5, 5.41) is 9.78. The number of anilines is 2. The van der Waals surface area contributed by atoms with Gasteiger partial charge in [0.15, 0.2) is 0 Å². The van der Waals surface area contributed by atoms with Crippen molar-refractivity contribution in [3.8, 4) is 5.75 Å². The van der Waals surface area contributed by atoms with Crippen LogP contribution in [-0.4, -0.2) is 16.9 Å². The van der Waals surface area contributed by atoms with Gasteiger partial charge in [-0.3, -0.25) is 4.79 Å². The summed E-state index contributed by atoms with van der Waals surface area (Å²) in [5.74, 6) is 0.442. The predicted molar refractivity (Wildman–Crippen MR) is 99.8 cm³/mol. The maximum absolute atomic E-state index is 12.6. The Morgan fingerprint density at radius 2 is 1.80 bits per heavy atom. The second-order valence-electron chi connectivity index (χ2n) is 7.52. The zero-order chi connectivity index (χ0) is 17.7. The van der Waals surface area contributed by atoms with Crippen LogP contribution in [0.1, 0.15) is 42.0 Å². The average Bonchev–Trinajstić information content (AvgIpc) is 2.56. The number of phenols is 1. The topological polar surface area (TPSA) is 66.6 Å². The third-order valence-electron chi connectivity index (χ3n) is 5.63. The van der Waals surface area contributed by atoms with Gasteiger partial charge in [-0.2, -0.15) is 0 Å². The molecular weight excluding hydrogens is 312 g/mol. The number of Topliss-reactive ketones (excluding diaryl/α,β-unsaturated/α-hetero) is 1. The first-order valence-electron chi connectivity index (χ1n) is 8.92. The molecule has 0 spiro atoms. The molecule has 3 aliphatic rings. The molecule has 5 rings (SSSR count). The maximum atomic E-state index is 12.6. The molecule has 3 atom stereocenters. The third kappa shape index (κ3) is 2.66. The minimum Gasteiger partial charge on any atom is -0.506 e. The van der Waals surface area contributed by atoms with Crippen molar-refractivity contribution in [2.24, 2.45) is 5.92 Å². The highest BCUT2D eigenvalue weighted by Gasteiger charge is 2.47. The molecule has 2 saturated heterocycles. The summed E-state index contributed by atoms with van der Waals surface area (Å²) in [5.41, 5.74) is 11.0. The van der Waals surface area contributed by atoms with E-state index in [0.29, 0.717) is 17.9 Å². The Hall–Kier alpha value is -2.49. The summed E-state index contributed by atoms with van der Waals surface area (Å²) in [7, 11) is 0. The van der Waals surface area contributed by atoms with Crippen LogP contribution in [0, 0.1) is 19.8 Å². The van der Waals surface area contributed by atoms with Gasteiger partial charge in [-0.05, 0) is 67.6 Å². The van der Waals surface area contributed by atoms with Gasteiger partial charge in [0.2, 0.25) is 0 Å². The lowest BCUT2D eigenvalue weighted by Crippen LogP contribution is -2.54. The van der Waals surface area contributed by atoms with Crippen LogP contribution in [0.2, 0.25) is 0 Å². The van der Waals surface area contributed by atoms with E-state index in [2.05, 4.69) is 36.9 Å². The number of rotatable bonds is 2. The maximum Gasteiger partial charge on any atom is 0.140 e. The Balaban J connectivity index is 1.84. The van der Waals surface area contributed by atoms with Gasteiger partial charge in [-0.15, -0.1) is 0 Å². The molecule has 3 N–H and O–H groups in total. The Morgan fingerprint density at radius 1 is 1.08 bits per heavy atom. The Bertz CT molecular complexity index is 826. The minimum atomic E-state index is -0.0101. The number of piperidine rings is 2. The zero-order valence-electron chi connectivity index (χ0n) is 14.7. The average molecular weight is 336 g/mol. The van der Waals surface area contributed by atoms with E-state index in [4.69, 9.17) is 5.73 Å². The number of aryl methyl sites for hydroxylation is 2. The Morgan fingerprint density at radius 3 is 2.44 bits per heavy atom. The molecule has 0 aromatic heterocycles. The molecule has 130 valence electrons. The number of aromatic hydroxyl groups is 1. The molecule has 1 aliphatic carbocycles. The summed E-state index contributed by atoms with van der Waals surface area (Å²) in [6.45, 7) is 4.22. The summed E-state index contributed by atoms with van der Waals surface area (Å²) < 4.78 is 0. The van der Waals surface area contributed by atoms with Crippen LogP contribution in [0.25, 0.3) is 0 Å². The number of nitrogens with zero attached hydrogens (tertiary/aromatic N) is 1. The molecule has 2 aromatic carbocycles. The smallest absolute Gasteiger partial charge is 0.140 e. The molecule has 0 amide bonds. The fraction of sp³-hybridized carbons (Fsp3) is 0.381. The molecule has 2 aromatic rings. The second kappa shape index (κ2) is 5.80. The van der Waals surface area contributed by atoms with Gasteiger partial charge in [0.1, 0.15) is 11.5 Å². The van der Waals surface area contributed by atoms with E-state index >= 15 is 0 Å². The number of hydrogen-bond acceptors (Lipinski definition) is 4. The number of ketones is 1. The van der Waals surface area contributed by atoms with E-state index in [-0.39, 0.29) is 23.8 Å². The molecular formula is C21H24N2O2. The van der Waals surface area contributed by atoms with Crippen LogP contribution in [0.5, 0.6) is 5.75 Å². The molecule has 2 bridgehead atoms. The van der Waals surface area contributed by atoms with Crippen molar-refractivity contribution in [3.05, 3.63) is 53.1 Å². The second-order valence-corrected chi connectivity index (χ2v) is 7.52. The molecule has 1 saturated carbocycles. The van der Waals surface area contributed by atoms with Crippen LogP contribution in [0.4, 0.5) is 11.4 Å². The van der Waals surface area contributed by atoms with Crippen molar-refractivity contribution >= 4 is 17.2 Å². The zero-order valence-corrected chi connectivity index (χ0v) is 14.7. The van der Waals surface area contributed by atoms with Crippen LogP contribution in [0.15, 0.2) is 36.4 Å². The van der Waals surface area contributed by atoms with Gasteiger partial charge < -0.3 is 15.7 Å². The van der Waals surface area contributed by atoms with Crippen molar-refractivity contribution in [3.63, 3.8) is 0 Å². The predicted octanol–water partition coefficient (Wildman–Crippen LogP) is 3.89. The molecule has 4 heteroatoms. The van der Waals surface area contributed by atoms with Gasteiger partial charge in [-0.1, -0.05) is 12.1 Å². The quantitative estimate of drug-likeness (QED) is 0.645. The van der Waals surface area contributed by atoms with E-state index in [1.165, 1.54) is 16.8 Å². The van der Waals surface area contributed by atoms with Crippen molar-refractivity contribution < 1.29 is 9.90 Å². The molecule has 4 nitrogen and oxygen atoms in total. The minimum absolute atomic E-state index is 0.00485. The standard InChI is InChI=1S/C21H24N2O2/c1-12-7-13(2)9-16(8-12)23-15-4-5-17(20(25)11-15)21(23)14-3-6-19(24)18(22)10-14/h3,6-10,15,17,21,24H,4-5,11,22H2,1-2H3. The highest BCUT2D eigenvalue weighted by Crippen LogP contribution is 2.48. The van der Waals surface area contributed by atoms with Gasteiger partial charge in [0.05, 0.1) is 11.7 Å². The molecule has 3 fully saturated rings. The largest absolute Gasteiger partial charge is 0.506 e. The number of fused-ring (bicyclic) bond motifs is 3. The van der Waals surface area contributed by atoms with E-state index in [1.807, 2.05) is 12.1 Å². The Labute approximate surface area is 148 Å². The SMILES string of the molecule is Cc1cc(C)cc(N2C3CCC(C(=O)C3)C2c2ccc(O)c(N)c2)c1. The van der Waals surface area contributed by atoms with Crippen LogP contribution < -0.4 is 10.6 Å². The summed E-state index contributed by atoms with van der Waals surface area (Å²) in [6.07, 6.45) is 2.60. The Kier molecular flexibility index (Phi) is 3.71. The van der Waals surface area contributed by atoms with Gasteiger partial charge in [0, 0.05) is 24.1 Å². The van der Waals surface area contributed by atoms with E-state index in [1.54, 1.807) is 6.07 Å². The van der Waals surface area contributed by atoms with Gasteiger partial charge in [0.25, 0.3) is 0 Å². The highest BCUT2D eigenvalue weighted by molar-refractivity contribution is 5.86. The molecule has 25 heavy (non-hydrogen) atoms. The van der Waals surface area contributed by atoms with Crippen molar-refractivity contribution in [1.82, 2.24) is 0 Å². The monoisotopic (exact) mass is 336 g/mol. The summed E-state index contributed by atoms with van der Waals surface area (Å²) >= 11 is 0. The molecule has 0 radical (unpaired) electrons. The van der Waals surface area contributed by atoms with Crippen molar-refractivity contribution in [2.45, 2.75) is 45.2 Å². The fourth-order valence-corrected chi connectivity index (χ4v) is 4.63. The van der Waals surface area contributed by atoms with E-state index < -0.39 is 0 Å². The number of hydrogen-bond donors (Lipinski definition) is 2. The first-order valence-corrected chi connectivity index (χ1v) is 8.92. The van der Waals surface area contributed by atoms with Gasteiger partial charge >= 0.3 is 0 Å². The molecule has 2 aliphatic heterocycles. The lowest BCUT2D eigenvalue weighted by molar-refractivity contribution is -0.128. The van der Waals surface area contributed by atoms with E-state index in [0.717, 1.165) is 18.4 Å². The molecule has 2 heterocycles. The first kappa shape index (κ1) is 16.0. The van der Waals surface area contributed by atoms with Crippen molar-refractivity contribution in [2.75, 3.05) is 10.6 Å². The highest BCUT2D eigenvalue weighted by atomic mass is 16.3. The van der Waals surface area contributed by atoms with Crippen LogP contribution in [-0.2, 0) is 4.79 Å². The number of carbonyl (C=O) groups is 1. The van der Waals surface area contributed by atoms with Crippen LogP contribution in [0.3, 0.4) is 0 Å².